The highest BCUT2D eigenvalue weighted by molar-refractivity contribution is 7.25. The van der Waals surface area contributed by atoms with Gasteiger partial charge in [0, 0.05) is 69.9 Å². The Kier molecular flexibility index (Phi) is 6.87. The van der Waals surface area contributed by atoms with E-state index < -0.39 is 0 Å². The second-order valence-electron chi connectivity index (χ2n) is 17.0. The number of hydrogen-bond acceptors (Lipinski definition) is 5. The van der Waals surface area contributed by atoms with Crippen molar-refractivity contribution in [1.29, 1.82) is 0 Å². The predicted octanol–water partition coefficient (Wildman–Crippen LogP) is 16.2. The van der Waals surface area contributed by atoms with Crippen molar-refractivity contribution in [1.82, 2.24) is 9.97 Å². The Balaban J connectivity index is 1.10. The Morgan fingerprint density at radius 2 is 1.18 bits per heavy atom. The minimum Gasteiger partial charge on any atom is -0.456 e. The quantitative estimate of drug-likeness (QED) is 0.178. The van der Waals surface area contributed by atoms with Crippen molar-refractivity contribution in [3.05, 3.63) is 187 Å². The molecule has 0 N–H and O–H groups in total. The number of nitrogens with zero attached hydrogens (tertiary/aromatic N) is 2. The van der Waals surface area contributed by atoms with Gasteiger partial charge in [-0.2, -0.15) is 0 Å². The number of fused-ring (bicyclic) bond motifs is 17. The van der Waals surface area contributed by atoms with Crippen LogP contribution < -0.4 is 0 Å². The molecule has 2 unspecified atom stereocenters. The van der Waals surface area contributed by atoms with Crippen molar-refractivity contribution in [3.8, 4) is 33.9 Å². The topological polar surface area (TPSA) is 52.1 Å². The lowest BCUT2D eigenvalue weighted by molar-refractivity contribution is 0.468. The summed E-state index contributed by atoms with van der Waals surface area (Å²) in [4.78, 5) is 11.0. The smallest absolute Gasteiger partial charge is 0.160 e. The molecule has 12 aromatic rings. The highest BCUT2D eigenvalue weighted by atomic mass is 32.1. The lowest BCUT2D eigenvalue weighted by Gasteiger charge is -2.35. The van der Waals surface area contributed by atoms with E-state index in [9.17, 15) is 0 Å². The minimum atomic E-state index is -0.158. The monoisotopic (exact) mass is 810 g/mol. The number of aromatic nitrogens is 2. The second-order valence-corrected chi connectivity index (χ2v) is 18.1. The van der Waals surface area contributed by atoms with E-state index in [4.69, 9.17) is 18.8 Å². The van der Waals surface area contributed by atoms with Crippen molar-refractivity contribution in [2.75, 3.05) is 0 Å². The number of furan rings is 2. The molecule has 0 spiro atoms. The predicted molar refractivity (Wildman–Crippen MR) is 259 cm³/mol. The fraction of sp³-hybridized carbons (Fsp3) is 0.0526. The van der Waals surface area contributed by atoms with Crippen molar-refractivity contribution in [3.63, 3.8) is 0 Å². The lowest BCUT2D eigenvalue weighted by atomic mass is 9.67. The molecule has 8 aromatic carbocycles. The molecule has 2 atom stereocenters. The van der Waals surface area contributed by atoms with Gasteiger partial charge < -0.3 is 8.83 Å². The second kappa shape index (κ2) is 12.5. The number of allylic oxidation sites excluding steroid dienone is 5. The van der Waals surface area contributed by atoms with E-state index >= 15 is 0 Å². The number of hydrogen-bond donors (Lipinski definition) is 0. The number of thiophene rings is 1. The SMILES string of the molecule is CC12C=CC=CC1c1c(oc3c(-c4cc(-c5cc6ccccc6c6c5oc5ccc7ccccc7c56)nc(-c5ccc6sc7ccccc7c6c5)n4)cc4ccccc4c13)C=C2. The van der Waals surface area contributed by atoms with Crippen molar-refractivity contribution >= 4 is 103 Å². The molecule has 0 bridgehead atoms. The zero-order valence-electron chi connectivity index (χ0n) is 33.5. The Morgan fingerprint density at radius 3 is 1.95 bits per heavy atom. The van der Waals surface area contributed by atoms with Crippen LogP contribution in [0.2, 0.25) is 0 Å². The molecule has 5 heteroatoms. The van der Waals surface area contributed by atoms with Crippen LogP contribution in [0.1, 0.15) is 24.2 Å². The van der Waals surface area contributed by atoms with E-state index in [-0.39, 0.29) is 11.3 Å². The summed E-state index contributed by atoms with van der Waals surface area (Å²) in [6.45, 7) is 2.31. The van der Waals surface area contributed by atoms with E-state index in [0.29, 0.717) is 5.82 Å². The number of rotatable bonds is 3. The molecule has 0 saturated carbocycles. The third kappa shape index (κ3) is 4.77. The average molecular weight is 811 g/mol. The van der Waals surface area contributed by atoms with Crippen LogP contribution >= 0.6 is 11.3 Å². The van der Waals surface area contributed by atoms with Crippen LogP contribution in [0.5, 0.6) is 0 Å². The summed E-state index contributed by atoms with van der Waals surface area (Å²) in [6, 6.07) is 52.0. The van der Waals surface area contributed by atoms with E-state index in [1.807, 2.05) is 11.3 Å². The van der Waals surface area contributed by atoms with Gasteiger partial charge in [0.15, 0.2) is 5.82 Å². The van der Waals surface area contributed by atoms with Crippen molar-refractivity contribution < 1.29 is 8.83 Å². The third-order valence-electron chi connectivity index (χ3n) is 13.5. The van der Waals surface area contributed by atoms with Crippen LogP contribution in [-0.2, 0) is 0 Å². The van der Waals surface area contributed by atoms with Crippen LogP contribution in [0.25, 0.3) is 125 Å². The summed E-state index contributed by atoms with van der Waals surface area (Å²) in [5.74, 6) is 1.67. The van der Waals surface area contributed by atoms with Gasteiger partial charge >= 0.3 is 0 Å². The number of benzene rings is 8. The van der Waals surface area contributed by atoms with Gasteiger partial charge in [-0.1, -0.05) is 134 Å². The summed E-state index contributed by atoms with van der Waals surface area (Å²) >= 11 is 1.81. The van der Waals surface area contributed by atoms with Gasteiger partial charge in [-0.15, -0.1) is 11.3 Å². The lowest BCUT2D eigenvalue weighted by Crippen LogP contribution is -2.24. The minimum absolute atomic E-state index is 0.131. The van der Waals surface area contributed by atoms with Crippen LogP contribution in [-0.4, -0.2) is 9.97 Å². The van der Waals surface area contributed by atoms with Gasteiger partial charge in [0.1, 0.15) is 22.5 Å². The van der Waals surface area contributed by atoms with E-state index in [0.717, 1.165) is 82.9 Å². The molecule has 0 aliphatic heterocycles. The van der Waals surface area contributed by atoms with Gasteiger partial charge in [0.05, 0.1) is 11.4 Å². The standard InChI is InChI=1S/C57H34N2O2S/c1-57-26-11-10-19-43(57)53-47(25-27-57)61-55-42(29-34-14-4-7-17-38(34)52(53)55)45-31-44(58-56(59-45)35-22-24-49-40(30-35)39-18-8-9-20-48(39)62-49)41-28-33-13-3-6-16-37(33)51-50-36-15-5-2-12-32(36)21-23-46(50)60-54(41)51/h2-31,43H,1H3. The molecule has 4 heterocycles. The maximum absolute atomic E-state index is 7.05. The molecular weight excluding hydrogens is 777 g/mol. The van der Waals surface area contributed by atoms with Crippen molar-refractivity contribution in [2.45, 2.75) is 12.8 Å². The molecule has 4 nitrogen and oxygen atoms in total. The summed E-state index contributed by atoms with van der Waals surface area (Å²) in [7, 11) is 0. The first-order chi connectivity index (χ1) is 30.6. The summed E-state index contributed by atoms with van der Waals surface area (Å²) in [5.41, 5.74) is 7.92. The van der Waals surface area contributed by atoms with Crippen LogP contribution in [0.15, 0.2) is 185 Å². The molecule has 62 heavy (non-hydrogen) atoms. The molecule has 0 fully saturated rings. The van der Waals surface area contributed by atoms with E-state index in [1.54, 1.807) is 0 Å². The fourth-order valence-corrected chi connectivity index (χ4v) is 11.6. The first-order valence-corrected chi connectivity index (χ1v) is 22.0. The van der Waals surface area contributed by atoms with Gasteiger partial charge in [-0.3, -0.25) is 0 Å². The molecule has 0 amide bonds. The van der Waals surface area contributed by atoms with Gasteiger partial charge in [-0.05, 0) is 86.9 Å². The first-order valence-electron chi connectivity index (χ1n) is 21.2. The highest BCUT2D eigenvalue weighted by Gasteiger charge is 2.38. The Bertz CT molecular complexity index is 4030. The summed E-state index contributed by atoms with van der Waals surface area (Å²) in [5, 5.41) is 12.7. The summed E-state index contributed by atoms with van der Waals surface area (Å²) < 4.78 is 16.5. The molecule has 0 radical (unpaired) electrons. The molecule has 4 aromatic heterocycles. The summed E-state index contributed by atoms with van der Waals surface area (Å²) in [6.07, 6.45) is 13.4. The highest BCUT2D eigenvalue weighted by Crippen LogP contribution is 2.53. The average Bonchev–Trinajstić information content (AvgIpc) is 4.03. The van der Waals surface area contributed by atoms with Crippen LogP contribution in [0, 0.1) is 5.41 Å². The first kappa shape index (κ1) is 34.1. The zero-order chi connectivity index (χ0) is 40.7. The molecular formula is C57H34N2O2S. The molecule has 2 aliphatic rings. The fourth-order valence-electron chi connectivity index (χ4n) is 10.5. The zero-order valence-corrected chi connectivity index (χ0v) is 34.3. The Hall–Kier alpha value is -7.60. The van der Waals surface area contributed by atoms with Crippen LogP contribution in [0.3, 0.4) is 0 Å². The molecule has 0 saturated heterocycles. The van der Waals surface area contributed by atoms with Gasteiger partial charge in [0.25, 0.3) is 0 Å². The normalized spacial score (nSPS) is 17.1. The maximum Gasteiger partial charge on any atom is 0.160 e. The van der Waals surface area contributed by atoms with Crippen molar-refractivity contribution in [2.24, 2.45) is 5.41 Å². The van der Waals surface area contributed by atoms with E-state index in [2.05, 4.69) is 189 Å². The maximum atomic E-state index is 7.05. The van der Waals surface area contributed by atoms with Crippen LogP contribution in [0.4, 0.5) is 0 Å². The molecule has 14 rings (SSSR count). The third-order valence-corrected chi connectivity index (χ3v) is 14.6. The molecule has 2 aliphatic carbocycles. The molecule has 290 valence electrons. The Labute approximate surface area is 359 Å². The Morgan fingerprint density at radius 1 is 0.532 bits per heavy atom. The van der Waals surface area contributed by atoms with E-state index in [1.165, 1.54) is 41.9 Å². The van der Waals surface area contributed by atoms with Gasteiger partial charge in [-0.25, -0.2) is 9.97 Å². The van der Waals surface area contributed by atoms with Gasteiger partial charge in [0.2, 0.25) is 0 Å². The largest absolute Gasteiger partial charge is 0.456 e.